The van der Waals surface area contributed by atoms with Crippen molar-refractivity contribution in [1.82, 2.24) is 5.43 Å². The number of hydrogen-bond acceptors (Lipinski definition) is 4. The quantitative estimate of drug-likeness (QED) is 0.605. The molecule has 1 atom stereocenters. The number of hydrogen-bond donors (Lipinski definition) is 2. The number of nitrogens with one attached hydrogen (secondary N) is 1. The van der Waals surface area contributed by atoms with E-state index >= 15 is 0 Å². The zero-order valence-corrected chi connectivity index (χ0v) is 12.8. The maximum atomic E-state index is 12.2. The lowest BCUT2D eigenvalue weighted by molar-refractivity contribution is -0.0499. The van der Waals surface area contributed by atoms with Gasteiger partial charge in [-0.05, 0) is 45.1 Å². The van der Waals surface area contributed by atoms with E-state index in [1.807, 2.05) is 17.5 Å². The average Bonchev–Trinajstić information content (AvgIpc) is 2.81. The molecular formula is C13H13BrF2N2OS. The van der Waals surface area contributed by atoms with Crippen LogP contribution in [-0.4, -0.2) is 6.61 Å². The van der Waals surface area contributed by atoms with Gasteiger partial charge < -0.3 is 4.74 Å². The Morgan fingerprint density at radius 2 is 2.15 bits per heavy atom. The van der Waals surface area contributed by atoms with Gasteiger partial charge in [-0.1, -0.05) is 12.1 Å². The number of halogens is 3. The van der Waals surface area contributed by atoms with E-state index in [4.69, 9.17) is 5.84 Å². The second kappa shape index (κ2) is 7.12. The number of nitrogens with two attached hydrogens (primary N) is 1. The summed E-state index contributed by atoms with van der Waals surface area (Å²) in [6.07, 6.45) is 0.660. The van der Waals surface area contributed by atoms with Crippen molar-refractivity contribution < 1.29 is 13.5 Å². The first-order valence-electron chi connectivity index (χ1n) is 5.83. The highest BCUT2D eigenvalue weighted by molar-refractivity contribution is 9.10. The Kier molecular flexibility index (Phi) is 5.47. The van der Waals surface area contributed by atoms with Gasteiger partial charge in [-0.3, -0.25) is 11.3 Å². The van der Waals surface area contributed by atoms with Gasteiger partial charge in [0, 0.05) is 15.8 Å². The molecule has 1 aromatic heterocycles. The first-order valence-corrected chi connectivity index (χ1v) is 7.50. The number of alkyl halides is 2. The van der Waals surface area contributed by atoms with Gasteiger partial charge in [0.15, 0.2) is 0 Å². The van der Waals surface area contributed by atoms with Crippen LogP contribution in [0, 0.1) is 0 Å². The summed E-state index contributed by atoms with van der Waals surface area (Å²) >= 11 is 5.07. The molecule has 20 heavy (non-hydrogen) atoms. The summed E-state index contributed by atoms with van der Waals surface area (Å²) < 4.78 is 29.9. The molecule has 0 fully saturated rings. The molecule has 1 heterocycles. The lowest BCUT2D eigenvalue weighted by Crippen LogP contribution is -2.29. The van der Waals surface area contributed by atoms with Crippen LogP contribution >= 0.6 is 27.3 Å². The molecule has 7 heteroatoms. The second-order valence-corrected chi connectivity index (χ2v) is 5.92. The maximum Gasteiger partial charge on any atom is 0.387 e. The monoisotopic (exact) mass is 362 g/mol. The van der Waals surface area contributed by atoms with Crippen LogP contribution in [0.3, 0.4) is 0 Å². The van der Waals surface area contributed by atoms with Gasteiger partial charge >= 0.3 is 6.61 Å². The standard InChI is InChI=1S/C13H13BrF2N2OS/c14-10-4-5-20-12(10)7-11(18-17)8-2-1-3-9(6-8)19-13(15)16/h1-6,11,13,18H,7,17H2. The Hall–Kier alpha value is -1.02. The smallest absolute Gasteiger partial charge is 0.387 e. The summed E-state index contributed by atoms with van der Waals surface area (Å²) in [5.74, 6) is 5.70. The van der Waals surface area contributed by atoms with Crippen molar-refractivity contribution >= 4 is 27.3 Å². The van der Waals surface area contributed by atoms with Gasteiger partial charge in [0.2, 0.25) is 0 Å². The Labute approximate surface area is 127 Å². The van der Waals surface area contributed by atoms with Crippen LogP contribution in [0.5, 0.6) is 5.75 Å². The van der Waals surface area contributed by atoms with Crippen LogP contribution in [0.1, 0.15) is 16.5 Å². The summed E-state index contributed by atoms with van der Waals surface area (Å²) in [6.45, 7) is -2.83. The highest BCUT2D eigenvalue weighted by atomic mass is 79.9. The molecular weight excluding hydrogens is 350 g/mol. The van der Waals surface area contributed by atoms with Crippen molar-refractivity contribution in [3.63, 3.8) is 0 Å². The summed E-state index contributed by atoms with van der Waals surface area (Å²) in [5.41, 5.74) is 3.50. The lowest BCUT2D eigenvalue weighted by atomic mass is 10.0. The van der Waals surface area contributed by atoms with Crippen molar-refractivity contribution in [2.45, 2.75) is 19.1 Å². The van der Waals surface area contributed by atoms with Crippen LogP contribution < -0.4 is 16.0 Å². The number of ether oxygens (including phenoxy) is 1. The van der Waals surface area contributed by atoms with Gasteiger partial charge in [0.25, 0.3) is 0 Å². The molecule has 0 spiro atoms. The Balaban J connectivity index is 2.17. The van der Waals surface area contributed by atoms with Crippen LogP contribution in [0.4, 0.5) is 8.78 Å². The third kappa shape index (κ3) is 3.99. The molecule has 1 unspecified atom stereocenters. The van der Waals surface area contributed by atoms with E-state index in [2.05, 4.69) is 26.1 Å². The minimum atomic E-state index is -2.83. The first-order chi connectivity index (χ1) is 9.60. The van der Waals surface area contributed by atoms with Gasteiger partial charge in [0.1, 0.15) is 5.75 Å². The number of benzene rings is 1. The molecule has 0 bridgehead atoms. The fourth-order valence-corrected chi connectivity index (χ4v) is 3.40. The normalized spacial score (nSPS) is 12.7. The Morgan fingerprint density at radius 1 is 1.35 bits per heavy atom. The summed E-state index contributed by atoms with van der Waals surface area (Å²) in [5, 5.41) is 1.98. The highest BCUT2D eigenvalue weighted by Crippen LogP contribution is 2.29. The minimum absolute atomic E-state index is 0.128. The molecule has 3 N–H and O–H groups in total. The molecule has 0 saturated heterocycles. The molecule has 108 valence electrons. The van der Waals surface area contributed by atoms with E-state index < -0.39 is 6.61 Å². The maximum absolute atomic E-state index is 12.2. The molecule has 3 nitrogen and oxygen atoms in total. The molecule has 2 aromatic rings. The SMILES string of the molecule is NNC(Cc1sccc1Br)c1cccc(OC(F)F)c1. The number of rotatable bonds is 6. The van der Waals surface area contributed by atoms with E-state index in [1.54, 1.807) is 23.5 Å². The number of thiophene rings is 1. The van der Waals surface area contributed by atoms with Crippen LogP contribution in [0.15, 0.2) is 40.2 Å². The third-order valence-electron chi connectivity index (χ3n) is 2.77. The van der Waals surface area contributed by atoms with Crippen molar-refractivity contribution in [2.24, 2.45) is 5.84 Å². The van der Waals surface area contributed by atoms with E-state index in [0.29, 0.717) is 6.42 Å². The van der Waals surface area contributed by atoms with Gasteiger partial charge in [0.05, 0.1) is 6.04 Å². The van der Waals surface area contributed by atoms with E-state index in [1.165, 1.54) is 6.07 Å². The lowest BCUT2D eigenvalue weighted by Gasteiger charge is -2.17. The fraction of sp³-hybridized carbons (Fsp3) is 0.231. The van der Waals surface area contributed by atoms with Crippen LogP contribution in [0.25, 0.3) is 0 Å². The molecule has 0 aliphatic carbocycles. The Bertz CT molecular complexity index is 565. The Morgan fingerprint density at radius 3 is 2.75 bits per heavy atom. The zero-order valence-electron chi connectivity index (χ0n) is 10.4. The third-order valence-corrected chi connectivity index (χ3v) is 4.72. The van der Waals surface area contributed by atoms with Crippen molar-refractivity contribution in [2.75, 3.05) is 0 Å². The van der Waals surface area contributed by atoms with E-state index in [9.17, 15) is 8.78 Å². The van der Waals surface area contributed by atoms with E-state index in [0.717, 1.165) is 14.9 Å². The molecule has 0 amide bonds. The molecule has 0 aliphatic heterocycles. The minimum Gasteiger partial charge on any atom is -0.435 e. The topological polar surface area (TPSA) is 47.3 Å². The summed E-state index contributed by atoms with van der Waals surface area (Å²) in [7, 11) is 0. The predicted octanol–water partition coefficient (Wildman–Crippen LogP) is 3.86. The van der Waals surface area contributed by atoms with Crippen LogP contribution in [-0.2, 0) is 6.42 Å². The van der Waals surface area contributed by atoms with Crippen LogP contribution in [0.2, 0.25) is 0 Å². The zero-order chi connectivity index (χ0) is 14.5. The first kappa shape index (κ1) is 15.4. The summed E-state index contributed by atoms with van der Waals surface area (Å²) in [6, 6.07) is 8.34. The largest absolute Gasteiger partial charge is 0.435 e. The van der Waals surface area contributed by atoms with Crippen molar-refractivity contribution in [1.29, 1.82) is 0 Å². The molecule has 0 radical (unpaired) electrons. The van der Waals surface area contributed by atoms with Gasteiger partial charge in [-0.2, -0.15) is 8.78 Å². The number of hydrazine groups is 1. The summed E-state index contributed by atoms with van der Waals surface area (Å²) in [4.78, 5) is 1.13. The van der Waals surface area contributed by atoms with E-state index in [-0.39, 0.29) is 11.8 Å². The van der Waals surface area contributed by atoms with Gasteiger partial charge in [-0.15, -0.1) is 11.3 Å². The average molecular weight is 363 g/mol. The molecule has 0 saturated carbocycles. The second-order valence-electron chi connectivity index (χ2n) is 4.07. The molecule has 0 aliphatic rings. The molecule has 2 rings (SSSR count). The van der Waals surface area contributed by atoms with Gasteiger partial charge in [-0.25, -0.2) is 0 Å². The highest BCUT2D eigenvalue weighted by Gasteiger charge is 2.15. The predicted molar refractivity (Wildman–Crippen MR) is 78.9 cm³/mol. The van der Waals surface area contributed by atoms with Crippen molar-refractivity contribution in [3.8, 4) is 5.75 Å². The van der Waals surface area contributed by atoms with Crippen molar-refractivity contribution in [3.05, 3.63) is 50.6 Å². The molecule has 1 aromatic carbocycles. The fourth-order valence-electron chi connectivity index (χ4n) is 1.84.